The summed E-state index contributed by atoms with van der Waals surface area (Å²) in [5, 5.41) is 9.13. The summed E-state index contributed by atoms with van der Waals surface area (Å²) in [6, 6.07) is 4.59. The van der Waals surface area contributed by atoms with Crippen molar-refractivity contribution in [3.05, 3.63) is 28.8 Å². The van der Waals surface area contributed by atoms with Crippen molar-refractivity contribution in [1.29, 1.82) is 0 Å². The van der Waals surface area contributed by atoms with Crippen LogP contribution in [0.3, 0.4) is 0 Å². The molecular formula is C10H8ClNO4. The van der Waals surface area contributed by atoms with Crippen LogP contribution in [0.5, 0.6) is 0 Å². The van der Waals surface area contributed by atoms with E-state index in [0.29, 0.717) is 6.54 Å². The van der Waals surface area contributed by atoms with Crippen molar-refractivity contribution < 1.29 is 19.4 Å². The standard InChI is InChI=1S/C10H8ClNO4/c11-6-2-1-3-7(8(6)9(13)14)12-4-5-16-10(12)15/h1-3H,4-5H2,(H,13,14). The van der Waals surface area contributed by atoms with Gasteiger partial charge >= 0.3 is 12.1 Å². The Kier molecular flexibility index (Phi) is 2.70. The maximum atomic E-state index is 11.3. The van der Waals surface area contributed by atoms with E-state index >= 15 is 0 Å². The molecule has 0 aliphatic carbocycles. The first kappa shape index (κ1) is 10.8. The monoisotopic (exact) mass is 241 g/mol. The summed E-state index contributed by atoms with van der Waals surface area (Å²) in [5.41, 5.74) is 0.186. The van der Waals surface area contributed by atoms with E-state index in [1.54, 1.807) is 6.07 Å². The average Bonchev–Trinajstić information content (AvgIpc) is 2.63. The van der Waals surface area contributed by atoms with Crippen LogP contribution in [0.1, 0.15) is 10.4 Å². The average molecular weight is 242 g/mol. The van der Waals surface area contributed by atoms with Gasteiger partial charge in [0.25, 0.3) is 0 Å². The van der Waals surface area contributed by atoms with Crippen molar-refractivity contribution in [2.45, 2.75) is 0 Å². The second kappa shape index (κ2) is 4.02. The van der Waals surface area contributed by atoms with Gasteiger partial charge in [-0.05, 0) is 12.1 Å². The van der Waals surface area contributed by atoms with Crippen molar-refractivity contribution in [3.63, 3.8) is 0 Å². The number of rotatable bonds is 2. The number of carboxylic acids is 1. The molecule has 1 aromatic rings. The largest absolute Gasteiger partial charge is 0.478 e. The summed E-state index contributed by atoms with van der Waals surface area (Å²) in [5.74, 6) is -1.17. The Morgan fingerprint density at radius 2 is 2.25 bits per heavy atom. The molecule has 1 aliphatic rings. The van der Waals surface area contributed by atoms with Crippen molar-refractivity contribution in [3.8, 4) is 0 Å². The Labute approximate surface area is 96.2 Å². The molecule has 1 amide bonds. The van der Waals surface area contributed by atoms with E-state index in [0.717, 1.165) is 0 Å². The number of benzene rings is 1. The number of carbonyl (C=O) groups excluding carboxylic acids is 1. The van der Waals surface area contributed by atoms with E-state index in [9.17, 15) is 9.59 Å². The van der Waals surface area contributed by atoms with Crippen molar-refractivity contribution in [2.75, 3.05) is 18.1 Å². The predicted molar refractivity (Wildman–Crippen MR) is 57.1 cm³/mol. The van der Waals surface area contributed by atoms with Crippen molar-refractivity contribution in [2.24, 2.45) is 0 Å². The highest BCUT2D eigenvalue weighted by atomic mass is 35.5. The molecule has 84 valence electrons. The van der Waals surface area contributed by atoms with Gasteiger partial charge in [-0.25, -0.2) is 9.59 Å². The SMILES string of the molecule is O=C(O)c1c(Cl)cccc1N1CCOC1=O. The third-order valence-corrected chi connectivity index (χ3v) is 2.57. The van der Waals surface area contributed by atoms with Crippen LogP contribution >= 0.6 is 11.6 Å². The second-order valence-corrected chi connectivity index (χ2v) is 3.61. The highest BCUT2D eigenvalue weighted by Crippen LogP contribution is 2.29. The van der Waals surface area contributed by atoms with Crippen LogP contribution in [0.4, 0.5) is 10.5 Å². The van der Waals surface area contributed by atoms with Gasteiger partial charge in [0.15, 0.2) is 0 Å². The fourth-order valence-electron chi connectivity index (χ4n) is 1.56. The van der Waals surface area contributed by atoms with E-state index in [1.807, 2.05) is 0 Å². The molecule has 0 bridgehead atoms. The van der Waals surface area contributed by atoms with Crippen LogP contribution in [0.15, 0.2) is 18.2 Å². The molecule has 0 spiro atoms. The third-order valence-electron chi connectivity index (χ3n) is 2.26. The van der Waals surface area contributed by atoms with Gasteiger partial charge in [0.1, 0.15) is 12.2 Å². The Morgan fingerprint density at radius 3 is 2.81 bits per heavy atom. The molecule has 0 unspecified atom stereocenters. The first-order chi connectivity index (χ1) is 7.61. The molecule has 16 heavy (non-hydrogen) atoms. The smallest absolute Gasteiger partial charge is 0.414 e. The molecule has 1 N–H and O–H groups in total. The van der Waals surface area contributed by atoms with E-state index in [1.165, 1.54) is 17.0 Å². The van der Waals surface area contributed by atoms with Crippen LogP contribution in [0.2, 0.25) is 5.02 Å². The Balaban J connectivity index is 2.51. The van der Waals surface area contributed by atoms with Gasteiger partial charge in [-0.15, -0.1) is 0 Å². The van der Waals surface area contributed by atoms with Gasteiger partial charge in [0, 0.05) is 0 Å². The zero-order valence-corrected chi connectivity index (χ0v) is 8.90. The van der Waals surface area contributed by atoms with Gasteiger partial charge in [-0.2, -0.15) is 0 Å². The molecule has 6 heteroatoms. The lowest BCUT2D eigenvalue weighted by Gasteiger charge is -2.15. The number of carbonyl (C=O) groups is 2. The molecule has 0 atom stereocenters. The van der Waals surface area contributed by atoms with Gasteiger partial charge in [0.2, 0.25) is 0 Å². The molecule has 0 radical (unpaired) electrons. The molecule has 0 saturated carbocycles. The Morgan fingerprint density at radius 1 is 1.50 bits per heavy atom. The van der Waals surface area contributed by atoms with Crippen LogP contribution in [0, 0.1) is 0 Å². The number of aromatic carboxylic acids is 1. The lowest BCUT2D eigenvalue weighted by atomic mass is 10.1. The summed E-state index contributed by atoms with van der Waals surface area (Å²) in [6.45, 7) is 0.587. The second-order valence-electron chi connectivity index (χ2n) is 3.21. The topological polar surface area (TPSA) is 66.8 Å². The first-order valence-corrected chi connectivity index (χ1v) is 4.95. The zero-order valence-electron chi connectivity index (χ0n) is 8.14. The van der Waals surface area contributed by atoms with E-state index < -0.39 is 12.1 Å². The maximum Gasteiger partial charge on any atom is 0.414 e. The summed E-state index contributed by atoms with van der Waals surface area (Å²) in [7, 11) is 0. The Bertz CT molecular complexity index is 460. The van der Waals surface area contributed by atoms with Gasteiger partial charge in [0.05, 0.1) is 17.3 Å². The lowest BCUT2D eigenvalue weighted by molar-refractivity contribution is 0.0698. The number of hydrogen-bond donors (Lipinski definition) is 1. The molecule has 1 saturated heterocycles. The summed E-state index contributed by atoms with van der Waals surface area (Å²) >= 11 is 5.79. The van der Waals surface area contributed by atoms with Crippen molar-refractivity contribution in [1.82, 2.24) is 0 Å². The van der Waals surface area contributed by atoms with Crippen LogP contribution < -0.4 is 4.90 Å². The van der Waals surface area contributed by atoms with Gasteiger partial charge in [-0.1, -0.05) is 17.7 Å². The predicted octanol–water partition coefficient (Wildman–Crippen LogP) is 1.99. The minimum absolute atomic E-state index is 0.0805. The number of amides is 1. The maximum absolute atomic E-state index is 11.3. The quantitative estimate of drug-likeness (QED) is 0.860. The first-order valence-electron chi connectivity index (χ1n) is 4.57. The Hall–Kier alpha value is -1.75. The highest BCUT2D eigenvalue weighted by molar-refractivity contribution is 6.34. The number of ether oxygens (including phenoxy) is 1. The molecule has 2 rings (SSSR count). The normalized spacial score (nSPS) is 15.1. The van der Waals surface area contributed by atoms with Crippen LogP contribution in [-0.2, 0) is 4.74 Å². The van der Waals surface area contributed by atoms with Gasteiger partial charge in [-0.3, -0.25) is 4.90 Å². The zero-order chi connectivity index (χ0) is 11.7. The number of nitrogens with zero attached hydrogens (tertiary/aromatic N) is 1. The van der Waals surface area contributed by atoms with Gasteiger partial charge < -0.3 is 9.84 Å². The molecule has 0 aromatic heterocycles. The minimum atomic E-state index is -1.17. The number of halogens is 1. The number of cyclic esters (lactones) is 1. The van der Waals surface area contributed by atoms with Crippen LogP contribution in [0.25, 0.3) is 0 Å². The molecule has 5 nitrogen and oxygen atoms in total. The van der Waals surface area contributed by atoms with E-state index in [4.69, 9.17) is 21.4 Å². The van der Waals surface area contributed by atoms with Crippen LogP contribution in [-0.4, -0.2) is 30.3 Å². The number of hydrogen-bond acceptors (Lipinski definition) is 3. The molecule has 1 fully saturated rings. The highest BCUT2D eigenvalue weighted by Gasteiger charge is 2.28. The summed E-state index contributed by atoms with van der Waals surface area (Å²) in [4.78, 5) is 23.6. The summed E-state index contributed by atoms with van der Waals surface area (Å²) < 4.78 is 4.75. The summed E-state index contributed by atoms with van der Waals surface area (Å²) in [6.07, 6.45) is -0.551. The van der Waals surface area contributed by atoms with Crippen molar-refractivity contribution >= 4 is 29.4 Å². The number of carboxylic acid groups (broad SMARTS) is 1. The lowest BCUT2D eigenvalue weighted by Crippen LogP contribution is -2.25. The fraction of sp³-hybridized carbons (Fsp3) is 0.200. The number of anilines is 1. The fourth-order valence-corrected chi connectivity index (χ4v) is 1.81. The van der Waals surface area contributed by atoms with E-state index in [-0.39, 0.29) is 22.9 Å². The molecule has 1 aliphatic heterocycles. The minimum Gasteiger partial charge on any atom is -0.478 e. The molecule has 1 aromatic carbocycles. The molecular weight excluding hydrogens is 234 g/mol. The third kappa shape index (κ3) is 1.69. The van der Waals surface area contributed by atoms with E-state index in [2.05, 4.69) is 0 Å². The molecule has 1 heterocycles.